The highest BCUT2D eigenvalue weighted by Gasteiger charge is 2.37. The lowest BCUT2D eigenvalue weighted by molar-refractivity contribution is -0.143. The highest BCUT2D eigenvalue weighted by Crippen LogP contribution is 2.36. The van der Waals surface area contributed by atoms with Crippen molar-refractivity contribution in [2.75, 3.05) is 0 Å². The molecule has 0 aliphatic rings. The number of carboxylic acids is 1. The molecule has 1 atom stereocenters. The average Bonchev–Trinajstić information content (AvgIpc) is 2.49. The number of nitrogens with one attached hydrogen (secondary N) is 1. The summed E-state index contributed by atoms with van der Waals surface area (Å²) < 4.78 is 76.7. The number of aliphatic carboxylic acids is 1. The molecule has 0 fully saturated rings. The standard InChI is InChI=1S/C16H17F6NO3/c1-2-3-4-12(14(25)26)23-13(24)7-9-5-10(15(17,18)19)8-11(6-9)16(20,21)22/h5-6,8,12H,2-4,7H2,1H3,(H,23,24)(H,25,26)/t12-/m0/s1. The van der Waals surface area contributed by atoms with Gasteiger partial charge in [-0.15, -0.1) is 0 Å². The predicted octanol–water partition coefficient (Wildman–Crippen LogP) is 4.03. The third-order valence-corrected chi connectivity index (χ3v) is 3.49. The van der Waals surface area contributed by atoms with Crippen LogP contribution in [0.5, 0.6) is 0 Å². The molecule has 0 bridgehead atoms. The van der Waals surface area contributed by atoms with E-state index >= 15 is 0 Å². The summed E-state index contributed by atoms with van der Waals surface area (Å²) >= 11 is 0. The van der Waals surface area contributed by atoms with E-state index in [0.29, 0.717) is 25.0 Å². The van der Waals surface area contributed by atoms with Gasteiger partial charge in [-0.2, -0.15) is 26.3 Å². The maximum Gasteiger partial charge on any atom is 0.416 e. The molecule has 1 aromatic rings. The summed E-state index contributed by atoms with van der Waals surface area (Å²) in [7, 11) is 0. The fourth-order valence-corrected chi connectivity index (χ4v) is 2.22. The minimum atomic E-state index is -5.02. The Kier molecular flexibility index (Phi) is 7.05. The van der Waals surface area contributed by atoms with Crippen LogP contribution in [0, 0.1) is 0 Å². The zero-order valence-corrected chi connectivity index (χ0v) is 13.7. The normalized spacial score (nSPS) is 13.3. The van der Waals surface area contributed by atoms with Gasteiger partial charge in [-0.25, -0.2) is 4.79 Å². The van der Waals surface area contributed by atoms with Crippen molar-refractivity contribution >= 4 is 11.9 Å². The van der Waals surface area contributed by atoms with E-state index < -0.39 is 53.4 Å². The van der Waals surface area contributed by atoms with Crippen LogP contribution in [0.15, 0.2) is 18.2 Å². The molecule has 0 spiro atoms. The van der Waals surface area contributed by atoms with Gasteiger partial charge in [0.25, 0.3) is 0 Å². The topological polar surface area (TPSA) is 66.4 Å². The first-order valence-corrected chi connectivity index (χ1v) is 7.65. The number of hydrogen-bond acceptors (Lipinski definition) is 2. The lowest BCUT2D eigenvalue weighted by Crippen LogP contribution is -2.41. The van der Waals surface area contributed by atoms with Gasteiger partial charge in [0, 0.05) is 0 Å². The van der Waals surface area contributed by atoms with Crippen LogP contribution in [-0.2, 0) is 28.4 Å². The number of hydrogen-bond donors (Lipinski definition) is 2. The van der Waals surface area contributed by atoms with Crippen LogP contribution in [0.3, 0.4) is 0 Å². The molecule has 0 aliphatic carbocycles. The zero-order chi connectivity index (χ0) is 20.1. The van der Waals surface area contributed by atoms with Crippen molar-refractivity contribution in [3.8, 4) is 0 Å². The van der Waals surface area contributed by atoms with Gasteiger partial charge in [0.05, 0.1) is 17.5 Å². The lowest BCUT2D eigenvalue weighted by atomic mass is 10.0. The molecule has 2 N–H and O–H groups in total. The molecule has 0 saturated heterocycles. The number of carbonyl (C=O) groups excluding carboxylic acids is 1. The van der Waals surface area contributed by atoms with Gasteiger partial charge < -0.3 is 10.4 Å². The van der Waals surface area contributed by atoms with Crippen LogP contribution >= 0.6 is 0 Å². The van der Waals surface area contributed by atoms with Gasteiger partial charge in [-0.1, -0.05) is 19.8 Å². The summed E-state index contributed by atoms with van der Waals surface area (Å²) in [5.41, 5.74) is -3.57. The number of alkyl halides is 6. The van der Waals surface area contributed by atoms with Crippen molar-refractivity contribution in [3.05, 3.63) is 34.9 Å². The Balaban J connectivity index is 3.04. The van der Waals surface area contributed by atoms with Gasteiger partial charge in [0.15, 0.2) is 0 Å². The number of halogens is 6. The van der Waals surface area contributed by atoms with Gasteiger partial charge in [0.2, 0.25) is 5.91 Å². The largest absolute Gasteiger partial charge is 0.480 e. The van der Waals surface area contributed by atoms with E-state index in [1.807, 2.05) is 0 Å². The van der Waals surface area contributed by atoms with Crippen LogP contribution in [0.1, 0.15) is 42.9 Å². The first kappa shape index (κ1) is 21.8. The first-order chi connectivity index (χ1) is 11.8. The second kappa shape index (κ2) is 8.41. The van der Waals surface area contributed by atoms with Gasteiger partial charge in [-0.05, 0) is 30.2 Å². The van der Waals surface area contributed by atoms with E-state index in [9.17, 15) is 35.9 Å². The Morgan fingerprint density at radius 3 is 1.92 bits per heavy atom. The molecular weight excluding hydrogens is 368 g/mol. The molecule has 0 unspecified atom stereocenters. The van der Waals surface area contributed by atoms with Crippen LogP contribution in [0.2, 0.25) is 0 Å². The second-order valence-electron chi connectivity index (χ2n) is 5.69. The smallest absolute Gasteiger partial charge is 0.416 e. The number of carbonyl (C=O) groups is 2. The summed E-state index contributed by atoms with van der Waals surface area (Å²) in [4.78, 5) is 22.9. The second-order valence-corrected chi connectivity index (χ2v) is 5.69. The van der Waals surface area contributed by atoms with Crippen molar-refractivity contribution in [1.29, 1.82) is 0 Å². The molecule has 0 saturated carbocycles. The Morgan fingerprint density at radius 2 is 1.54 bits per heavy atom. The fraction of sp³-hybridized carbons (Fsp3) is 0.500. The Morgan fingerprint density at radius 1 is 1.04 bits per heavy atom. The van der Waals surface area contributed by atoms with Crippen LogP contribution in [-0.4, -0.2) is 23.0 Å². The minimum absolute atomic E-state index is 0.0390. The monoisotopic (exact) mass is 385 g/mol. The highest BCUT2D eigenvalue weighted by molar-refractivity contribution is 5.84. The summed E-state index contributed by atoms with van der Waals surface area (Å²) in [6.07, 6.45) is -9.59. The SMILES string of the molecule is CCCC[C@H](NC(=O)Cc1cc(C(F)(F)F)cc(C(F)(F)F)c1)C(=O)O. The molecule has 0 aliphatic heterocycles. The van der Waals surface area contributed by atoms with E-state index in [4.69, 9.17) is 5.11 Å². The third-order valence-electron chi connectivity index (χ3n) is 3.49. The molecule has 0 heterocycles. The number of rotatable bonds is 7. The van der Waals surface area contributed by atoms with E-state index in [-0.39, 0.29) is 12.5 Å². The van der Waals surface area contributed by atoms with Crippen LogP contribution in [0.25, 0.3) is 0 Å². The van der Waals surface area contributed by atoms with Crippen molar-refractivity contribution in [3.63, 3.8) is 0 Å². The van der Waals surface area contributed by atoms with E-state index in [0.717, 1.165) is 0 Å². The summed E-state index contributed by atoms with van der Waals surface area (Å²) in [5, 5.41) is 11.1. The van der Waals surface area contributed by atoms with Crippen LogP contribution in [0.4, 0.5) is 26.3 Å². The molecule has 10 heteroatoms. The molecule has 0 aromatic heterocycles. The first-order valence-electron chi connectivity index (χ1n) is 7.65. The minimum Gasteiger partial charge on any atom is -0.480 e. The van der Waals surface area contributed by atoms with Crippen molar-refractivity contribution in [1.82, 2.24) is 5.32 Å². The summed E-state index contributed by atoms with van der Waals surface area (Å²) in [6, 6.07) is -0.411. The number of carboxylic acid groups (broad SMARTS) is 1. The highest BCUT2D eigenvalue weighted by atomic mass is 19.4. The molecule has 0 radical (unpaired) electrons. The maximum absolute atomic E-state index is 12.8. The number of unbranched alkanes of at least 4 members (excludes halogenated alkanes) is 1. The fourth-order valence-electron chi connectivity index (χ4n) is 2.22. The van der Waals surface area contributed by atoms with Gasteiger partial charge in [0.1, 0.15) is 6.04 Å². The quantitative estimate of drug-likeness (QED) is 0.697. The van der Waals surface area contributed by atoms with E-state index in [2.05, 4.69) is 5.32 Å². The Hall–Kier alpha value is -2.26. The number of benzene rings is 1. The molecule has 1 aromatic carbocycles. The molecule has 4 nitrogen and oxygen atoms in total. The van der Waals surface area contributed by atoms with E-state index in [1.54, 1.807) is 6.92 Å². The van der Waals surface area contributed by atoms with E-state index in [1.165, 1.54) is 0 Å². The van der Waals surface area contributed by atoms with Crippen molar-refractivity contribution < 1.29 is 41.0 Å². The summed E-state index contributed by atoms with van der Waals surface area (Å²) in [5.74, 6) is -2.30. The molecule has 1 rings (SSSR count). The molecule has 26 heavy (non-hydrogen) atoms. The molecule has 1 amide bonds. The van der Waals surface area contributed by atoms with Gasteiger partial charge in [-0.3, -0.25) is 4.79 Å². The van der Waals surface area contributed by atoms with Crippen LogP contribution < -0.4 is 5.32 Å². The Labute approximate surface area is 145 Å². The van der Waals surface area contributed by atoms with Crippen molar-refractivity contribution in [2.24, 2.45) is 0 Å². The lowest BCUT2D eigenvalue weighted by Gasteiger charge is -2.16. The number of amides is 1. The maximum atomic E-state index is 12.8. The predicted molar refractivity (Wildman–Crippen MR) is 79.2 cm³/mol. The van der Waals surface area contributed by atoms with Crippen molar-refractivity contribution in [2.45, 2.75) is 51.0 Å². The Bertz CT molecular complexity index is 622. The summed E-state index contributed by atoms with van der Waals surface area (Å²) in [6.45, 7) is 1.79. The molecule has 146 valence electrons. The average molecular weight is 385 g/mol. The third kappa shape index (κ3) is 6.57. The molecular formula is C16H17F6NO3. The van der Waals surface area contributed by atoms with Gasteiger partial charge >= 0.3 is 18.3 Å². The zero-order valence-electron chi connectivity index (χ0n) is 13.7.